The van der Waals surface area contributed by atoms with Crippen LogP contribution in [0.5, 0.6) is 0 Å². The Morgan fingerprint density at radius 2 is 1.78 bits per heavy atom. The second-order valence-electron chi connectivity index (χ2n) is 0.943. The maximum atomic E-state index is 11.9. The van der Waals surface area contributed by atoms with Crippen LogP contribution < -0.4 is 0 Å². The quantitative estimate of drug-likeness (QED) is 0.634. The minimum absolute atomic E-state index is 1.86. The molecule has 1 atom stereocenters. The van der Waals surface area contributed by atoms with E-state index in [-0.39, 0.29) is 0 Å². The number of rotatable bonds is 1. The third-order valence-corrected chi connectivity index (χ3v) is 4.39. The molecule has 0 aliphatic carbocycles. The van der Waals surface area contributed by atoms with Gasteiger partial charge >= 0.3 is 12.2 Å². The zero-order valence-corrected chi connectivity index (χ0v) is 8.59. The van der Waals surface area contributed by atoms with Crippen LogP contribution in [0.25, 0.3) is 0 Å². The molecule has 0 rings (SSSR count). The fourth-order valence-electron chi connectivity index (χ4n) is 0.118. The van der Waals surface area contributed by atoms with Crippen LogP contribution in [0, 0.1) is 0 Å². The Morgan fingerprint density at radius 1 is 1.44 bits per heavy atom. The summed E-state index contributed by atoms with van der Waals surface area (Å²) in [6, 6.07) is 0. The van der Waals surface area contributed by atoms with Crippen LogP contribution in [0.3, 0.4) is 0 Å². The molecule has 9 heavy (non-hydrogen) atoms. The molecule has 0 heterocycles. The van der Waals surface area contributed by atoms with E-state index in [1.165, 1.54) is 0 Å². The van der Waals surface area contributed by atoms with Crippen molar-refractivity contribution in [2.75, 3.05) is 0 Å². The van der Waals surface area contributed by atoms with Crippen LogP contribution in [-0.4, -0.2) is 0 Å². The first-order valence-corrected chi connectivity index (χ1v) is 8.52. The molecular formula is BrClF3NP2S. The molecule has 0 N–H and O–H groups in total. The Bertz CT molecular complexity index is 184. The molecule has 0 aliphatic rings. The van der Waals surface area contributed by atoms with Gasteiger partial charge in [-0.2, -0.15) is 17.1 Å². The van der Waals surface area contributed by atoms with Crippen molar-refractivity contribution < 1.29 is 12.6 Å². The Labute approximate surface area is 68.0 Å². The molecule has 0 saturated heterocycles. The summed E-state index contributed by atoms with van der Waals surface area (Å²) in [5.41, 5.74) is 0. The largest absolute Gasteiger partial charge is 0.364 e. The topological polar surface area (TPSA) is 12.4 Å². The van der Waals surface area contributed by atoms with Crippen molar-refractivity contribution >= 4 is 50.8 Å². The summed E-state index contributed by atoms with van der Waals surface area (Å²) in [7, 11) is 0. The smallest absolute Gasteiger partial charge is 0.174 e. The van der Waals surface area contributed by atoms with Crippen molar-refractivity contribution in [1.29, 1.82) is 0 Å². The summed E-state index contributed by atoms with van der Waals surface area (Å²) in [4.78, 5) is 0. The van der Waals surface area contributed by atoms with Crippen molar-refractivity contribution in [3.8, 4) is 0 Å². The monoisotopic (exact) mass is 279 g/mol. The van der Waals surface area contributed by atoms with Gasteiger partial charge in [0.2, 0.25) is 0 Å². The summed E-state index contributed by atoms with van der Waals surface area (Å²) in [6.45, 7) is 0. The van der Waals surface area contributed by atoms with Gasteiger partial charge in [0.15, 0.2) is 0 Å². The molecule has 0 aromatic rings. The lowest BCUT2D eigenvalue weighted by Crippen LogP contribution is -1.45. The highest BCUT2D eigenvalue weighted by Crippen LogP contribution is 2.71. The second kappa shape index (κ2) is 3.22. The van der Waals surface area contributed by atoms with E-state index in [1.54, 1.807) is 0 Å². The Morgan fingerprint density at radius 3 is 1.78 bits per heavy atom. The standard InChI is InChI=1S/BrClF3NP2S/c1-7(3,4)6-8(2,5)9. The molecule has 0 spiro atoms. The van der Waals surface area contributed by atoms with Gasteiger partial charge in [0.1, 0.15) is 0 Å². The molecule has 0 fully saturated rings. The van der Waals surface area contributed by atoms with E-state index in [0.717, 1.165) is 0 Å². The molecule has 56 valence electrons. The lowest BCUT2D eigenvalue weighted by atomic mass is 13.9. The van der Waals surface area contributed by atoms with Gasteiger partial charge in [-0.1, -0.05) is 0 Å². The van der Waals surface area contributed by atoms with Crippen molar-refractivity contribution in [3.63, 3.8) is 0 Å². The predicted molar refractivity (Wildman–Crippen MR) is 41.7 cm³/mol. The van der Waals surface area contributed by atoms with Gasteiger partial charge < -0.3 is 0 Å². The fraction of sp³-hybridized carbons (Fsp3) is 0. The van der Waals surface area contributed by atoms with Crippen molar-refractivity contribution in [1.82, 2.24) is 0 Å². The van der Waals surface area contributed by atoms with E-state index in [2.05, 4.69) is 27.6 Å². The molecule has 0 aromatic carbocycles. The normalized spacial score (nSPS) is 18.8. The first kappa shape index (κ1) is 10.4. The zero-order valence-electron chi connectivity index (χ0n) is 3.64. The van der Waals surface area contributed by atoms with Gasteiger partial charge in [-0.25, -0.2) is 0 Å². The van der Waals surface area contributed by atoms with Crippen molar-refractivity contribution in [2.24, 2.45) is 4.52 Å². The van der Waals surface area contributed by atoms with E-state index in [9.17, 15) is 12.6 Å². The lowest BCUT2D eigenvalue weighted by Gasteiger charge is -1.95. The van der Waals surface area contributed by atoms with Crippen LogP contribution in [0.1, 0.15) is 0 Å². The first-order chi connectivity index (χ1) is 3.71. The summed E-state index contributed by atoms with van der Waals surface area (Å²) in [6.07, 6.45) is -4.66. The lowest BCUT2D eigenvalue weighted by molar-refractivity contribution is 0.757. The highest BCUT2D eigenvalue weighted by molar-refractivity contribution is 9.39. The number of hydrogen-bond donors (Lipinski definition) is 0. The molecule has 9 heteroatoms. The van der Waals surface area contributed by atoms with Crippen LogP contribution in [0.2, 0.25) is 0 Å². The zero-order chi connectivity index (χ0) is 7.71. The average Bonchev–Trinajstić information content (AvgIpc) is 1.14. The average molecular weight is 280 g/mol. The van der Waals surface area contributed by atoms with E-state index in [1.807, 2.05) is 15.5 Å². The van der Waals surface area contributed by atoms with Crippen LogP contribution in [-0.2, 0) is 11.8 Å². The Balaban J connectivity index is 4.53. The minimum atomic E-state index is -4.66. The molecule has 0 bridgehead atoms. The van der Waals surface area contributed by atoms with Crippen molar-refractivity contribution in [2.45, 2.75) is 0 Å². The molecule has 1 nitrogen and oxygen atoms in total. The molecule has 0 aliphatic heterocycles. The number of nitrogens with zero attached hydrogens (tertiary/aromatic N) is 1. The van der Waals surface area contributed by atoms with Gasteiger partial charge in [0.25, 0.3) is 0 Å². The maximum Gasteiger partial charge on any atom is 0.364 e. The fourth-order valence-corrected chi connectivity index (χ4v) is 5.99. The van der Waals surface area contributed by atoms with Gasteiger partial charge in [-0.3, -0.25) is 0 Å². The van der Waals surface area contributed by atoms with Crippen molar-refractivity contribution in [3.05, 3.63) is 0 Å². The van der Waals surface area contributed by atoms with E-state index in [4.69, 9.17) is 0 Å². The molecular weight excluding hydrogens is 280 g/mol. The van der Waals surface area contributed by atoms with Crippen LogP contribution in [0.15, 0.2) is 4.52 Å². The SMILES string of the molecule is FP(=S)(Cl)N=P(F)(F)Br. The van der Waals surface area contributed by atoms with Gasteiger partial charge in [0.05, 0.1) is 0 Å². The number of halogens is 5. The Hall–Kier alpha value is 1.44. The second-order valence-corrected chi connectivity index (χ2v) is 9.32. The molecule has 0 radical (unpaired) electrons. The van der Waals surface area contributed by atoms with E-state index in [0.29, 0.717) is 0 Å². The van der Waals surface area contributed by atoms with Gasteiger partial charge in [-0.15, -0.1) is 0 Å². The third-order valence-electron chi connectivity index (χ3n) is 0.206. The van der Waals surface area contributed by atoms with Gasteiger partial charge in [-0.05, 0) is 23.0 Å². The summed E-state index contributed by atoms with van der Waals surface area (Å²) in [5, 5.41) is 0. The molecule has 0 aromatic heterocycles. The number of hydrogen-bond acceptors (Lipinski definition) is 1. The van der Waals surface area contributed by atoms with E-state index < -0.39 is 12.2 Å². The summed E-state index contributed by atoms with van der Waals surface area (Å²) >= 11 is 10.3. The highest BCUT2D eigenvalue weighted by atomic mass is 79.9. The first-order valence-electron chi connectivity index (χ1n) is 1.43. The summed E-state index contributed by atoms with van der Waals surface area (Å²) in [5.74, 6) is -4.10. The van der Waals surface area contributed by atoms with Gasteiger partial charge in [0, 0.05) is 15.5 Å². The van der Waals surface area contributed by atoms with Crippen LogP contribution in [0.4, 0.5) is 12.6 Å². The molecule has 0 saturated carbocycles. The predicted octanol–water partition coefficient (Wildman–Crippen LogP) is 4.70. The van der Waals surface area contributed by atoms with E-state index >= 15 is 0 Å². The molecule has 0 amide bonds. The molecule has 1 unspecified atom stereocenters. The third kappa shape index (κ3) is 9.44. The maximum absolute atomic E-state index is 11.9. The van der Waals surface area contributed by atoms with Crippen LogP contribution >= 0.6 is 39.0 Å². The summed E-state index contributed by atoms with van der Waals surface area (Å²) < 4.78 is 37.6. The minimum Gasteiger partial charge on any atom is -0.174 e. The highest BCUT2D eigenvalue weighted by Gasteiger charge is 2.18. The Kier molecular flexibility index (Phi) is 3.74.